The van der Waals surface area contributed by atoms with Gasteiger partial charge in [0.25, 0.3) is 0 Å². The van der Waals surface area contributed by atoms with Crippen LogP contribution in [0, 0.1) is 0 Å². The van der Waals surface area contributed by atoms with Gasteiger partial charge in [-0.15, -0.1) is 0 Å². The smallest absolute Gasteiger partial charge is 0.311 e. The highest BCUT2D eigenvalue weighted by molar-refractivity contribution is 5.93. The molecule has 1 unspecified atom stereocenters. The number of nitrogens with one attached hydrogen (secondary N) is 1. The topological polar surface area (TPSA) is 93.6 Å². The molecule has 6 heteroatoms. The summed E-state index contributed by atoms with van der Waals surface area (Å²) in [6.45, 7) is 7.02. The van der Waals surface area contributed by atoms with E-state index in [-0.39, 0.29) is 0 Å². The monoisotopic (exact) mass is 332 g/mol. The molecule has 3 N–H and O–H groups in total. The van der Waals surface area contributed by atoms with E-state index < -0.39 is 24.3 Å². The Kier molecular flexibility index (Phi) is 5.98. The fourth-order valence-electron chi connectivity index (χ4n) is 3.10. The van der Waals surface area contributed by atoms with Crippen LogP contribution in [0.1, 0.15) is 37.3 Å². The van der Waals surface area contributed by atoms with Crippen molar-refractivity contribution in [3.05, 3.63) is 35.5 Å². The lowest BCUT2D eigenvalue weighted by molar-refractivity contribution is -0.145. The molecule has 0 amide bonds. The van der Waals surface area contributed by atoms with E-state index in [1.165, 1.54) is 0 Å². The first-order valence-electron chi connectivity index (χ1n) is 8.23. The summed E-state index contributed by atoms with van der Waals surface area (Å²) in [6, 6.07) is 5.37. The average Bonchev–Trinajstić information content (AvgIpc) is 2.96. The molecular formula is C18H24N2O4. The predicted octanol–water partition coefficient (Wildman–Crippen LogP) is 2.70. The van der Waals surface area contributed by atoms with Crippen LogP contribution < -0.4 is 0 Å². The number of carboxylic acids is 2. The Labute approximate surface area is 141 Å². The number of fused-ring (bicyclic) bond motifs is 1. The summed E-state index contributed by atoms with van der Waals surface area (Å²) in [5.41, 5.74) is 2.45. The van der Waals surface area contributed by atoms with Crippen LogP contribution in [0.3, 0.4) is 0 Å². The van der Waals surface area contributed by atoms with Crippen LogP contribution >= 0.6 is 0 Å². The van der Waals surface area contributed by atoms with Crippen molar-refractivity contribution in [3.63, 3.8) is 0 Å². The second kappa shape index (κ2) is 7.97. The van der Waals surface area contributed by atoms with Crippen molar-refractivity contribution in [1.29, 1.82) is 0 Å². The molecule has 1 heterocycles. The number of nitrogens with zero attached hydrogens (tertiary/aromatic N) is 1. The van der Waals surface area contributed by atoms with Gasteiger partial charge in [0, 0.05) is 23.6 Å². The normalized spacial score (nSPS) is 12.6. The quantitative estimate of drug-likeness (QED) is 0.656. The lowest BCUT2D eigenvalue weighted by Gasteiger charge is -2.18. The minimum absolute atomic E-state index is 0.422. The van der Waals surface area contributed by atoms with Gasteiger partial charge in [-0.2, -0.15) is 0 Å². The van der Waals surface area contributed by atoms with E-state index in [1.54, 1.807) is 12.1 Å². The molecule has 2 aromatic rings. The van der Waals surface area contributed by atoms with Crippen LogP contribution in [0.4, 0.5) is 0 Å². The maximum atomic E-state index is 11.6. The van der Waals surface area contributed by atoms with Crippen LogP contribution in [0.5, 0.6) is 0 Å². The van der Waals surface area contributed by atoms with Gasteiger partial charge in [0.05, 0.1) is 12.3 Å². The summed E-state index contributed by atoms with van der Waals surface area (Å²) >= 11 is 0. The molecule has 130 valence electrons. The minimum Gasteiger partial charge on any atom is -0.481 e. The Morgan fingerprint density at radius 2 is 1.92 bits per heavy atom. The molecule has 0 fully saturated rings. The standard InChI is InChI=1S/C18H24N2O4/c1-3-20(4-2)9-8-12-11-19-15-7-5-6-13(17(12)15)14(18(23)24)10-16(21)22/h5-7,11,14,19H,3-4,8-10H2,1-2H3,(H,21,22)(H,23,24). The van der Waals surface area contributed by atoms with Gasteiger partial charge >= 0.3 is 11.9 Å². The van der Waals surface area contributed by atoms with Gasteiger partial charge in [0.1, 0.15) is 0 Å². The molecule has 1 aromatic heterocycles. The van der Waals surface area contributed by atoms with E-state index in [1.807, 2.05) is 12.3 Å². The summed E-state index contributed by atoms with van der Waals surface area (Å²) in [5, 5.41) is 19.4. The first-order valence-corrected chi connectivity index (χ1v) is 8.23. The van der Waals surface area contributed by atoms with E-state index in [2.05, 4.69) is 23.7 Å². The van der Waals surface area contributed by atoms with Gasteiger partial charge in [-0.25, -0.2) is 0 Å². The molecule has 0 aliphatic heterocycles. The van der Waals surface area contributed by atoms with Crippen molar-refractivity contribution in [2.75, 3.05) is 19.6 Å². The lowest BCUT2D eigenvalue weighted by atomic mass is 9.91. The molecule has 0 aliphatic rings. The molecule has 6 nitrogen and oxygen atoms in total. The van der Waals surface area contributed by atoms with Gasteiger partial charge in [-0.1, -0.05) is 26.0 Å². The Morgan fingerprint density at radius 1 is 1.21 bits per heavy atom. The van der Waals surface area contributed by atoms with E-state index in [0.29, 0.717) is 5.56 Å². The average molecular weight is 332 g/mol. The number of aliphatic carboxylic acids is 2. The third kappa shape index (κ3) is 3.94. The highest BCUT2D eigenvalue weighted by Gasteiger charge is 2.26. The number of carbonyl (C=O) groups is 2. The van der Waals surface area contributed by atoms with E-state index in [0.717, 1.165) is 42.5 Å². The molecule has 0 bridgehead atoms. The van der Waals surface area contributed by atoms with Crippen LogP contribution in [0.15, 0.2) is 24.4 Å². The SMILES string of the molecule is CCN(CC)CCc1c[nH]c2cccc(C(CC(=O)O)C(=O)O)c12. The number of likely N-dealkylation sites (N-methyl/N-ethyl adjacent to an activating group) is 1. The molecular weight excluding hydrogens is 308 g/mol. The number of aromatic nitrogens is 1. The fraction of sp³-hybridized carbons (Fsp3) is 0.444. The van der Waals surface area contributed by atoms with Crippen LogP contribution in [-0.2, 0) is 16.0 Å². The van der Waals surface area contributed by atoms with Gasteiger partial charge in [0.15, 0.2) is 0 Å². The Hall–Kier alpha value is -2.34. The van der Waals surface area contributed by atoms with E-state index >= 15 is 0 Å². The molecule has 24 heavy (non-hydrogen) atoms. The van der Waals surface area contributed by atoms with Crippen molar-refractivity contribution < 1.29 is 19.8 Å². The molecule has 0 aliphatic carbocycles. The highest BCUT2D eigenvalue weighted by atomic mass is 16.4. The van der Waals surface area contributed by atoms with Gasteiger partial charge in [0.2, 0.25) is 0 Å². The molecule has 0 spiro atoms. The van der Waals surface area contributed by atoms with Gasteiger partial charge in [-0.05, 0) is 36.7 Å². The Balaban J connectivity index is 2.41. The summed E-state index contributed by atoms with van der Waals surface area (Å²) in [5.74, 6) is -3.27. The van der Waals surface area contributed by atoms with Crippen LogP contribution in [0.25, 0.3) is 10.9 Å². The lowest BCUT2D eigenvalue weighted by Crippen LogP contribution is -2.25. The predicted molar refractivity (Wildman–Crippen MR) is 92.4 cm³/mol. The summed E-state index contributed by atoms with van der Waals surface area (Å²) in [4.78, 5) is 28.1. The molecule has 0 saturated carbocycles. The van der Waals surface area contributed by atoms with E-state index in [4.69, 9.17) is 5.11 Å². The zero-order valence-electron chi connectivity index (χ0n) is 14.1. The van der Waals surface area contributed by atoms with Crippen LogP contribution in [0.2, 0.25) is 0 Å². The zero-order valence-corrected chi connectivity index (χ0v) is 14.1. The molecule has 0 radical (unpaired) electrons. The van der Waals surface area contributed by atoms with Crippen LogP contribution in [-0.4, -0.2) is 51.7 Å². The minimum atomic E-state index is -1.11. The van der Waals surface area contributed by atoms with Gasteiger partial charge < -0.3 is 20.1 Å². The summed E-state index contributed by atoms with van der Waals surface area (Å²) < 4.78 is 0. The third-order valence-corrected chi connectivity index (χ3v) is 4.46. The van der Waals surface area contributed by atoms with Crippen molar-refractivity contribution in [2.45, 2.75) is 32.6 Å². The molecule has 1 aromatic carbocycles. The van der Waals surface area contributed by atoms with Gasteiger partial charge in [-0.3, -0.25) is 9.59 Å². The molecule has 0 saturated heterocycles. The zero-order chi connectivity index (χ0) is 17.7. The highest BCUT2D eigenvalue weighted by Crippen LogP contribution is 2.31. The Bertz CT molecular complexity index is 719. The molecule has 1 atom stereocenters. The number of aromatic amines is 1. The number of benzene rings is 1. The maximum Gasteiger partial charge on any atom is 0.311 e. The number of rotatable bonds is 9. The summed E-state index contributed by atoms with van der Waals surface area (Å²) in [6.07, 6.45) is 2.27. The van der Waals surface area contributed by atoms with Crippen molar-refractivity contribution in [2.24, 2.45) is 0 Å². The first kappa shape index (κ1) is 18.0. The van der Waals surface area contributed by atoms with E-state index in [9.17, 15) is 14.7 Å². The summed E-state index contributed by atoms with van der Waals surface area (Å²) in [7, 11) is 0. The largest absolute Gasteiger partial charge is 0.481 e. The fourth-order valence-corrected chi connectivity index (χ4v) is 3.10. The number of hydrogen-bond donors (Lipinski definition) is 3. The number of H-pyrrole nitrogens is 1. The third-order valence-electron chi connectivity index (χ3n) is 4.46. The van der Waals surface area contributed by atoms with Crippen molar-refractivity contribution in [1.82, 2.24) is 9.88 Å². The number of hydrogen-bond acceptors (Lipinski definition) is 3. The first-order chi connectivity index (χ1) is 11.5. The molecule has 2 rings (SSSR count). The second-order valence-corrected chi connectivity index (χ2v) is 5.85. The maximum absolute atomic E-state index is 11.6. The van der Waals surface area contributed by atoms with Crippen molar-refractivity contribution in [3.8, 4) is 0 Å². The Morgan fingerprint density at radius 3 is 2.50 bits per heavy atom. The number of carboxylic acid groups (broad SMARTS) is 2. The van der Waals surface area contributed by atoms with Crippen molar-refractivity contribution >= 4 is 22.8 Å². The second-order valence-electron chi connectivity index (χ2n) is 5.85.